The van der Waals surface area contributed by atoms with Crippen LogP contribution in [0.25, 0.3) is 0 Å². The predicted molar refractivity (Wildman–Crippen MR) is 77.7 cm³/mol. The van der Waals surface area contributed by atoms with Gasteiger partial charge in [-0.2, -0.15) is 0 Å². The van der Waals surface area contributed by atoms with Crippen molar-refractivity contribution in [1.29, 1.82) is 0 Å². The summed E-state index contributed by atoms with van der Waals surface area (Å²) >= 11 is 0. The van der Waals surface area contributed by atoms with E-state index in [4.69, 9.17) is 14.2 Å². The largest absolute Gasteiger partial charge is 0.496 e. The van der Waals surface area contributed by atoms with Gasteiger partial charge in [-0.3, -0.25) is 0 Å². The minimum atomic E-state index is 0.438. The zero-order chi connectivity index (χ0) is 14.4. The average molecular weight is 274 g/mol. The van der Waals surface area contributed by atoms with Crippen LogP contribution >= 0.6 is 0 Å². The number of rotatable bonds is 6. The lowest BCUT2D eigenvalue weighted by Crippen LogP contribution is -1.98. The normalized spacial score (nSPS) is 9.95. The van der Waals surface area contributed by atoms with Gasteiger partial charge in [-0.25, -0.2) is 4.98 Å². The molecule has 0 aliphatic rings. The van der Waals surface area contributed by atoms with Gasteiger partial charge in [0.25, 0.3) is 0 Å². The number of nitrogens with one attached hydrogen (secondary N) is 1. The van der Waals surface area contributed by atoms with Crippen LogP contribution in [0.15, 0.2) is 36.5 Å². The van der Waals surface area contributed by atoms with Gasteiger partial charge in [0.2, 0.25) is 0 Å². The molecule has 0 aliphatic heterocycles. The second kappa shape index (κ2) is 6.65. The molecule has 0 fully saturated rings. The molecule has 0 aliphatic carbocycles. The lowest BCUT2D eigenvalue weighted by atomic mass is 10.3. The van der Waals surface area contributed by atoms with E-state index in [9.17, 15) is 0 Å². The quantitative estimate of drug-likeness (QED) is 0.877. The number of aromatic nitrogens is 1. The molecule has 0 atom stereocenters. The molecule has 2 rings (SSSR count). The first-order chi connectivity index (χ1) is 9.75. The third-order valence-electron chi connectivity index (χ3n) is 2.81. The number of benzene rings is 1. The van der Waals surface area contributed by atoms with Crippen LogP contribution in [0.5, 0.6) is 17.2 Å². The Kier molecular flexibility index (Phi) is 4.65. The van der Waals surface area contributed by atoms with Crippen LogP contribution in [0, 0.1) is 0 Å². The van der Waals surface area contributed by atoms with Crippen molar-refractivity contribution < 1.29 is 14.2 Å². The van der Waals surface area contributed by atoms with E-state index in [0.29, 0.717) is 23.9 Å². The third-order valence-corrected chi connectivity index (χ3v) is 2.81. The molecule has 1 N–H and O–H groups in total. The van der Waals surface area contributed by atoms with Gasteiger partial charge in [-0.1, -0.05) is 6.07 Å². The number of anilines is 1. The van der Waals surface area contributed by atoms with E-state index in [-0.39, 0.29) is 0 Å². The van der Waals surface area contributed by atoms with Crippen LogP contribution in [-0.4, -0.2) is 26.3 Å². The summed E-state index contributed by atoms with van der Waals surface area (Å²) in [4.78, 5) is 4.24. The van der Waals surface area contributed by atoms with Crippen molar-refractivity contribution in [1.82, 2.24) is 4.98 Å². The fraction of sp³-hybridized carbons (Fsp3) is 0.267. The van der Waals surface area contributed by atoms with E-state index in [1.807, 2.05) is 31.3 Å². The molecule has 106 valence electrons. The smallest absolute Gasteiger partial charge is 0.127 e. The summed E-state index contributed by atoms with van der Waals surface area (Å²) in [5.41, 5.74) is 0.991. The third kappa shape index (κ3) is 3.54. The monoisotopic (exact) mass is 274 g/mol. The average Bonchev–Trinajstić information content (AvgIpc) is 2.53. The lowest BCUT2D eigenvalue weighted by Gasteiger charge is -2.10. The molecule has 5 heteroatoms. The highest BCUT2D eigenvalue weighted by Crippen LogP contribution is 2.27. The van der Waals surface area contributed by atoms with Crippen molar-refractivity contribution in [2.45, 2.75) is 6.61 Å². The first-order valence-corrected chi connectivity index (χ1v) is 6.23. The Labute approximate surface area is 118 Å². The summed E-state index contributed by atoms with van der Waals surface area (Å²) in [5.74, 6) is 2.92. The van der Waals surface area contributed by atoms with E-state index >= 15 is 0 Å². The number of methoxy groups -OCH3 is 2. The summed E-state index contributed by atoms with van der Waals surface area (Å²) < 4.78 is 16.1. The molecule has 0 amide bonds. The number of nitrogens with zero attached hydrogens (tertiary/aromatic N) is 1. The van der Waals surface area contributed by atoms with Crippen molar-refractivity contribution in [3.05, 3.63) is 42.1 Å². The number of ether oxygens (including phenoxy) is 3. The molecule has 0 radical (unpaired) electrons. The van der Waals surface area contributed by atoms with E-state index in [1.54, 1.807) is 26.5 Å². The molecule has 2 aromatic rings. The highest BCUT2D eigenvalue weighted by Gasteiger charge is 2.03. The molecule has 20 heavy (non-hydrogen) atoms. The Balaban J connectivity index is 2.05. The van der Waals surface area contributed by atoms with Crippen molar-refractivity contribution in [2.75, 3.05) is 26.6 Å². The highest BCUT2D eigenvalue weighted by molar-refractivity contribution is 5.42. The fourth-order valence-electron chi connectivity index (χ4n) is 1.69. The van der Waals surface area contributed by atoms with Gasteiger partial charge in [0, 0.05) is 37.0 Å². The topological polar surface area (TPSA) is 52.6 Å². The highest BCUT2D eigenvalue weighted by atomic mass is 16.5. The molecule has 1 heterocycles. The first kappa shape index (κ1) is 14.0. The number of hydrogen-bond acceptors (Lipinski definition) is 5. The van der Waals surface area contributed by atoms with E-state index in [1.165, 1.54) is 0 Å². The maximum atomic E-state index is 5.73. The lowest BCUT2D eigenvalue weighted by molar-refractivity contribution is 0.300. The standard InChI is InChI=1S/C15H18N2O3/c1-16-15-5-4-11(9-17-15)10-20-14-7-12(18-2)6-13(8-14)19-3/h4-9H,10H2,1-3H3,(H,16,17). The van der Waals surface area contributed by atoms with Crippen LogP contribution in [0.1, 0.15) is 5.56 Å². The van der Waals surface area contributed by atoms with Crippen LogP contribution in [0.3, 0.4) is 0 Å². The van der Waals surface area contributed by atoms with E-state index in [2.05, 4.69) is 10.3 Å². The second-order valence-corrected chi connectivity index (χ2v) is 4.14. The SMILES string of the molecule is CNc1ccc(COc2cc(OC)cc(OC)c2)cn1. The Morgan fingerprint density at radius 2 is 1.65 bits per heavy atom. The van der Waals surface area contributed by atoms with Gasteiger partial charge >= 0.3 is 0 Å². The Morgan fingerprint density at radius 3 is 2.15 bits per heavy atom. The van der Waals surface area contributed by atoms with Crippen LogP contribution in [0.2, 0.25) is 0 Å². The van der Waals surface area contributed by atoms with Crippen LogP contribution in [0.4, 0.5) is 5.82 Å². The van der Waals surface area contributed by atoms with Gasteiger partial charge in [-0.15, -0.1) is 0 Å². The van der Waals surface area contributed by atoms with Gasteiger partial charge in [0.1, 0.15) is 29.7 Å². The summed E-state index contributed by atoms with van der Waals surface area (Å²) in [7, 11) is 5.05. The first-order valence-electron chi connectivity index (χ1n) is 6.23. The minimum absolute atomic E-state index is 0.438. The molecule has 0 unspecified atom stereocenters. The van der Waals surface area contributed by atoms with Gasteiger partial charge in [-0.05, 0) is 6.07 Å². The summed E-state index contributed by atoms with van der Waals surface area (Å²) in [5, 5.41) is 2.97. The number of pyridine rings is 1. The molecule has 0 spiro atoms. The Bertz CT molecular complexity index is 533. The molecule has 0 saturated heterocycles. The number of hydrogen-bond donors (Lipinski definition) is 1. The molecule has 0 saturated carbocycles. The summed E-state index contributed by atoms with van der Waals surface area (Å²) in [6, 6.07) is 9.31. The van der Waals surface area contributed by atoms with Crippen molar-refractivity contribution in [3.8, 4) is 17.2 Å². The molecular formula is C15H18N2O3. The van der Waals surface area contributed by atoms with Crippen molar-refractivity contribution in [2.24, 2.45) is 0 Å². The summed E-state index contributed by atoms with van der Waals surface area (Å²) in [6.07, 6.45) is 1.78. The van der Waals surface area contributed by atoms with Crippen LogP contribution < -0.4 is 19.5 Å². The van der Waals surface area contributed by atoms with Crippen LogP contribution in [-0.2, 0) is 6.61 Å². The zero-order valence-electron chi connectivity index (χ0n) is 11.8. The fourth-order valence-corrected chi connectivity index (χ4v) is 1.69. The minimum Gasteiger partial charge on any atom is -0.496 e. The Hall–Kier alpha value is -2.43. The Morgan fingerprint density at radius 1 is 1.00 bits per heavy atom. The summed E-state index contributed by atoms with van der Waals surface area (Å²) in [6.45, 7) is 0.438. The van der Waals surface area contributed by atoms with Crippen molar-refractivity contribution in [3.63, 3.8) is 0 Å². The van der Waals surface area contributed by atoms with E-state index < -0.39 is 0 Å². The second-order valence-electron chi connectivity index (χ2n) is 4.14. The maximum absolute atomic E-state index is 5.73. The maximum Gasteiger partial charge on any atom is 0.127 e. The van der Waals surface area contributed by atoms with Gasteiger partial charge in [0.05, 0.1) is 14.2 Å². The molecular weight excluding hydrogens is 256 g/mol. The van der Waals surface area contributed by atoms with Gasteiger partial charge < -0.3 is 19.5 Å². The van der Waals surface area contributed by atoms with Crippen molar-refractivity contribution >= 4 is 5.82 Å². The molecule has 1 aromatic carbocycles. The molecule has 0 bridgehead atoms. The molecule has 1 aromatic heterocycles. The zero-order valence-corrected chi connectivity index (χ0v) is 11.8. The predicted octanol–water partition coefficient (Wildman–Crippen LogP) is 2.72. The van der Waals surface area contributed by atoms with Gasteiger partial charge in [0.15, 0.2) is 0 Å². The molecule has 5 nitrogen and oxygen atoms in total. The van der Waals surface area contributed by atoms with E-state index in [0.717, 1.165) is 11.4 Å².